The third kappa shape index (κ3) is 52.3. The van der Waals surface area contributed by atoms with Crippen LogP contribution in [-0.4, -0.2) is 37.2 Å². The van der Waals surface area contributed by atoms with E-state index in [9.17, 15) is 14.4 Å². The fourth-order valence-corrected chi connectivity index (χ4v) is 8.21. The van der Waals surface area contributed by atoms with Gasteiger partial charge in [-0.25, -0.2) is 0 Å². The van der Waals surface area contributed by atoms with Crippen molar-refractivity contribution in [2.45, 2.75) is 303 Å². The Morgan fingerprint density at radius 1 is 0.303 bits per heavy atom. The average Bonchev–Trinajstić information content (AvgIpc) is 3.31. The van der Waals surface area contributed by atoms with Gasteiger partial charge in [-0.3, -0.25) is 14.4 Å². The molecule has 0 spiro atoms. The summed E-state index contributed by atoms with van der Waals surface area (Å²) in [6.07, 6.45) is 66.6. The molecule has 6 nitrogen and oxygen atoms in total. The molecular formula is C60H108O6. The molecule has 0 aliphatic heterocycles. The first kappa shape index (κ1) is 63.4. The van der Waals surface area contributed by atoms with Crippen LogP contribution < -0.4 is 0 Å². The molecule has 0 saturated carbocycles. The number of hydrogen-bond donors (Lipinski definition) is 0. The number of ether oxygens (including phenoxy) is 3. The van der Waals surface area contributed by atoms with Crippen molar-refractivity contribution in [3.63, 3.8) is 0 Å². The van der Waals surface area contributed by atoms with Gasteiger partial charge in [0.15, 0.2) is 6.10 Å². The van der Waals surface area contributed by atoms with Crippen molar-refractivity contribution in [3.05, 3.63) is 48.6 Å². The Morgan fingerprint density at radius 3 is 0.864 bits per heavy atom. The number of carbonyl (C=O) groups is 3. The summed E-state index contributed by atoms with van der Waals surface area (Å²) in [6.45, 7) is 6.61. The number of rotatable bonds is 52. The number of allylic oxidation sites excluding steroid dienone is 8. The fraction of sp³-hybridized carbons (Fsp3) is 0.817. The maximum atomic E-state index is 12.8. The minimum atomic E-state index is -0.776. The van der Waals surface area contributed by atoms with Crippen molar-refractivity contribution in [1.29, 1.82) is 0 Å². The number of esters is 3. The van der Waals surface area contributed by atoms with Crippen LogP contribution >= 0.6 is 0 Å². The Labute approximate surface area is 409 Å². The summed E-state index contributed by atoms with van der Waals surface area (Å²) in [5.41, 5.74) is 0. The lowest BCUT2D eigenvalue weighted by Gasteiger charge is -2.18. The minimum absolute atomic E-state index is 0.0748. The van der Waals surface area contributed by atoms with E-state index in [2.05, 4.69) is 69.4 Å². The van der Waals surface area contributed by atoms with E-state index in [1.54, 1.807) is 0 Å². The summed E-state index contributed by atoms with van der Waals surface area (Å²) in [5.74, 6) is -0.874. The van der Waals surface area contributed by atoms with Crippen molar-refractivity contribution >= 4 is 17.9 Å². The molecule has 0 fully saturated rings. The smallest absolute Gasteiger partial charge is 0.306 e. The number of unbranched alkanes of at least 4 members (excludes halogenated alkanes) is 33. The van der Waals surface area contributed by atoms with Gasteiger partial charge < -0.3 is 14.2 Å². The molecule has 0 radical (unpaired) electrons. The Bertz CT molecular complexity index is 1150. The fourth-order valence-electron chi connectivity index (χ4n) is 8.21. The first-order valence-electron chi connectivity index (χ1n) is 28.6. The molecular weight excluding hydrogens is 817 g/mol. The summed E-state index contributed by atoms with van der Waals surface area (Å²) >= 11 is 0. The van der Waals surface area contributed by atoms with E-state index in [4.69, 9.17) is 14.2 Å². The molecule has 0 bridgehead atoms. The van der Waals surface area contributed by atoms with Crippen molar-refractivity contribution in [2.75, 3.05) is 13.2 Å². The molecule has 0 aliphatic rings. The summed E-state index contributed by atoms with van der Waals surface area (Å²) in [5, 5.41) is 0. The van der Waals surface area contributed by atoms with Gasteiger partial charge in [0.1, 0.15) is 13.2 Å². The van der Waals surface area contributed by atoms with Crippen LogP contribution in [0, 0.1) is 0 Å². The summed E-state index contributed by atoms with van der Waals surface area (Å²) in [7, 11) is 0. The van der Waals surface area contributed by atoms with E-state index in [1.807, 2.05) is 0 Å². The molecule has 0 aliphatic carbocycles. The second-order valence-electron chi connectivity index (χ2n) is 19.2. The molecule has 0 aromatic carbocycles. The predicted octanol–water partition coefficient (Wildman–Crippen LogP) is 19.0. The number of carbonyl (C=O) groups excluding carboxylic acids is 3. The maximum absolute atomic E-state index is 12.8. The Kier molecular flexibility index (Phi) is 52.8. The molecule has 6 heteroatoms. The number of hydrogen-bond acceptors (Lipinski definition) is 6. The van der Waals surface area contributed by atoms with E-state index < -0.39 is 6.10 Å². The van der Waals surface area contributed by atoms with Crippen LogP contribution in [0.15, 0.2) is 48.6 Å². The lowest BCUT2D eigenvalue weighted by molar-refractivity contribution is -0.167. The van der Waals surface area contributed by atoms with Crippen LogP contribution in [0.25, 0.3) is 0 Å². The molecule has 0 heterocycles. The van der Waals surface area contributed by atoms with E-state index in [0.717, 1.165) is 77.0 Å². The van der Waals surface area contributed by atoms with Gasteiger partial charge in [0, 0.05) is 19.3 Å². The van der Waals surface area contributed by atoms with Gasteiger partial charge in [0.05, 0.1) is 0 Å². The van der Waals surface area contributed by atoms with Gasteiger partial charge in [-0.2, -0.15) is 0 Å². The molecule has 0 saturated heterocycles. The van der Waals surface area contributed by atoms with Crippen LogP contribution in [0.4, 0.5) is 0 Å². The van der Waals surface area contributed by atoms with Crippen LogP contribution in [-0.2, 0) is 28.6 Å². The third-order valence-electron chi connectivity index (χ3n) is 12.6. The van der Waals surface area contributed by atoms with Crippen molar-refractivity contribution in [1.82, 2.24) is 0 Å². The van der Waals surface area contributed by atoms with E-state index in [1.165, 1.54) is 180 Å². The zero-order chi connectivity index (χ0) is 47.9. The van der Waals surface area contributed by atoms with Crippen LogP contribution in [0.1, 0.15) is 297 Å². The highest BCUT2D eigenvalue weighted by Crippen LogP contribution is 2.16. The molecule has 384 valence electrons. The third-order valence-corrected chi connectivity index (χ3v) is 12.6. The van der Waals surface area contributed by atoms with Gasteiger partial charge in [-0.1, -0.05) is 243 Å². The quantitative estimate of drug-likeness (QED) is 0.0262. The Balaban J connectivity index is 4.34. The summed E-state index contributed by atoms with van der Waals surface area (Å²) in [6, 6.07) is 0. The largest absolute Gasteiger partial charge is 0.462 e. The standard InChI is InChI=1S/C60H108O6/c1-4-7-10-13-16-19-22-25-27-29-30-32-33-35-38-41-44-47-50-53-59(62)65-56-57(55-64-58(61)52-49-46-43-40-37-24-21-18-15-12-9-6-3)66-60(63)54-51-48-45-42-39-36-34-31-28-26-23-20-17-14-11-8-5-2/h16-17,19-20,25-28,57H,4-15,18,21-24,29-56H2,1-3H3/b19-16-,20-17-,27-25-,28-26-/t57-/m0/s1. The van der Waals surface area contributed by atoms with E-state index >= 15 is 0 Å². The highest BCUT2D eigenvalue weighted by Gasteiger charge is 2.19. The summed E-state index contributed by atoms with van der Waals surface area (Å²) in [4.78, 5) is 38.1. The highest BCUT2D eigenvalue weighted by atomic mass is 16.6. The minimum Gasteiger partial charge on any atom is -0.462 e. The maximum Gasteiger partial charge on any atom is 0.306 e. The molecule has 66 heavy (non-hydrogen) atoms. The second-order valence-corrected chi connectivity index (χ2v) is 19.2. The summed E-state index contributed by atoms with van der Waals surface area (Å²) < 4.78 is 16.9. The van der Waals surface area contributed by atoms with Crippen LogP contribution in [0.2, 0.25) is 0 Å². The van der Waals surface area contributed by atoms with Crippen LogP contribution in [0.5, 0.6) is 0 Å². The monoisotopic (exact) mass is 925 g/mol. The van der Waals surface area contributed by atoms with Gasteiger partial charge in [0.25, 0.3) is 0 Å². The first-order valence-corrected chi connectivity index (χ1v) is 28.6. The normalized spacial score (nSPS) is 12.3. The van der Waals surface area contributed by atoms with E-state index in [0.29, 0.717) is 19.3 Å². The van der Waals surface area contributed by atoms with Gasteiger partial charge >= 0.3 is 17.9 Å². The average molecular weight is 926 g/mol. The Morgan fingerprint density at radius 2 is 0.545 bits per heavy atom. The molecule has 0 aromatic heterocycles. The molecule has 0 N–H and O–H groups in total. The van der Waals surface area contributed by atoms with Crippen molar-refractivity contribution in [2.24, 2.45) is 0 Å². The lowest BCUT2D eigenvalue weighted by Crippen LogP contribution is -2.30. The van der Waals surface area contributed by atoms with Crippen molar-refractivity contribution < 1.29 is 28.6 Å². The first-order chi connectivity index (χ1) is 32.5. The Hall–Kier alpha value is -2.63. The zero-order valence-electron chi connectivity index (χ0n) is 44.0. The topological polar surface area (TPSA) is 78.9 Å². The van der Waals surface area contributed by atoms with E-state index in [-0.39, 0.29) is 31.1 Å². The molecule has 0 amide bonds. The lowest BCUT2D eigenvalue weighted by atomic mass is 10.0. The van der Waals surface area contributed by atoms with Gasteiger partial charge in [0.2, 0.25) is 0 Å². The SMILES string of the molecule is CCCCC/C=C\C/C=C\CCCCCCCCCCCC(=O)OC[C@H](COC(=O)CCCCCCCCCCCCCC)OC(=O)CCCCCCCCC/C=C\C/C=C\CCCCC. The second kappa shape index (κ2) is 55.0. The molecule has 0 unspecified atom stereocenters. The van der Waals surface area contributed by atoms with Crippen molar-refractivity contribution in [3.8, 4) is 0 Å². The zero-order valence-corrected chi connectivity index (χ0v) is 44.0. The predicted molar refractivity (Wildman–Crippen MR) is 284 cm³/mol. The molecule has 0 rings (SSSR count). The highest BCUT2D eigenvalue weighted by molar-refractivity contribution is 5.71. The molecule has 0 aromatic rings. The van der Waals surface area contributed by atoms with Gasteiger partial charge in [-0.15, -0.1) is 0 Å². The molecule has 1 atom stereocenters. The van der Waals surface area contributed by atoms with Crippen LogP contribution in [0.3, 0.4) is 0 Å². The van der Waals surface area contributed by atoms with Gasteiger partial charge in [-0.05, 0) is 83.5 Å².